The highest BCUT2D eigenvalue weighted by Crippen LogP contribution is 2.30. The molecule has 0 unspecified atom stereocenters. The first-order valence-corrected chi connectivity index (χ1v) is 10.6. The molecular weight excluding hydrogens is 458 g/mol. The molecular formula is C25H16ClN3O5. The van der Waals surface area contributed by atoms with Crippen LogP contribution >= 0.6 is 11.6 Å². The van der Waals surface area contributed by atoms with Crippen molar-refractivity contribution in [1.29, 1.82) is 0 Å². The maximum absolute atomic E-state index is 12.7. The number of aromatic nitrogens is 1. The molecule has 0 fully saturated rings. The molecule has 0 atom stereocenters. The minimum atomic E-state index is -0.487. The highest BCUT2D eigenvalue weighted by Gasteiger charge is 2.16. The van der Waals surface area contributed by atoms with Gasteiger partial charge in [-0.1, -0.05) is 29.8 Å². The Labute approximate surface area is 197 Å². The summed E-state index contributed by atoms with van der Waals surface area (Å²) in [7, 11) is 0. The molecule has 1 amide bonds. The van der Waals surface area contributed by atoms with Crippen molar-refractivity contribution >= 4 is 40.0 Å². The van der Waals surface area contributed by atoms with E-state index in [1.165, 1.54) is 18.2 Å². The van der Waals surface area contributed by atoms with Crippen LogP contribution in [0.1, 0.15) is 16.1 Å². The summed E-state index contributed by atoms with van der Waals surface area (Å²) in [5, 5.41) is 14.4. The molecule has 5 rings (SSSR count). The summed E-state index contributed by atoms with van der Waals surface area (Å²) in [6.07, 6.45) is 0. The van der Waals surface area contributed by atoms with Crippen LogP contribution in [0.15, 0.2) is 81.6 Å². The van der Waals surface area contributed by atoms with Gasteiger partial charge < -0.3 is 14.2 Å². The SMILES string of the molecule is Cc1ccc(-c2nc3cc(NC(=O)c4ccc(-c5cccc([N+](=O)[O-])c5)o4)ccc3o2)cc1Cl. The van der Waals surface area contributed by atoms with Crippen molar-refractivity contribution in [1.82, 2.24) is 4.98 Å². The number of carbonyl (C=O) groups excluding carboxylic acids is 1. The Morgan fingerprint density at radius 1 is 1.00 bits per heavy atom. The molecule has 0 saturated heterocycles. The molecule has 0 aliphatic rings. The van der Waals surface area contributed by atoms with Gasteiger partial charge in [0.2, 0.25) is 5.89 Å². The fourth-order valence-electron chi connectivity index (χ4n) is 3.44. The molecule has 0 bridgehead atoms. The van der Waals surface area contributed by atoms with Crippen molar-refractivity contribution < 1.29 is 18.6 Å². The molecule has 168 valence electrons. The Bertz CT molecular complexity index is 1570. The Morgan fingerprint density at radius 3 is 2.65 bits per heavy atom. The number of halogens is 1. The Morgan fingerprint density at radius 2 is 1.85 bits per heavy atom. The molecule has 5 aromatic rings. The van der Waals surface area contributed by atoms with Gasteiger partial charge in [-0.2, -0.15) is 0 Å². The molecule has 2 heterocycles. The second-order valence-electron chi connectivity index (χ2n) is 7.59. The van der Waals surface area contributed by atoms with Gasteiger partial charge in [0.1, 0.15) is 11.3 Å². The van der Waals surface area contributed by atoms with Gasteiger partial charge >= 0.3 is 0 Å². The summed E-state index contributed by atoms with van der Waals surface area (Å²) in [5.41, 5.74) is 3.79. The van der Waals surface area contributed by atoms with E-state index in [1.807, 2.05) is 19.1 Å². The number of anilines is 1. The van der Waals surface area contributed by atoms with Gasteiger partial charge in [-0.15, -0.1) is 0 Å². The summed E-state index contributed by atoms with van der Waals surface area (Å²) in [6.45, 7) is 1.92. The van der Waals surface area contributed by atoms with Crippen LogP contribution in [-0.2, 0) is 0 Å². The fourth-order valence-corrected chi connectivity index (χ4v) is 3.62. The third-order valence-corrected chi connectivity index (χ3v) is 5.64. The Kier molecular flexibility index (Phi) is 5.35. The van der Waals surface area contributed by atoms with E-state index >= 15 is 0 Å². The maximum atomic E-state index is 12.7. The average molecular weight is 474 g/mol. The number of amides is 1. The highest BCUT2D eigenvalue weighted by molar-refractivity contribution is 6.31. The van der Waals surface area contributed by atoms with Gasteiger partial charge in [-0.3, -0.25) is 14.9 Å². The van der Waals surface area contributed by atoms with Crippen LogP contribution < -0.4 is 5.32 Å². The number of aryl methyl sites for hydroxylation is 1. The number of non-ortho nitro benzene ring substituents is 1. The van der Waals surface area contributed by atoms with E-state index in [0.29, 0.717) is 39.0 Å². The molecule has 34 heavy (non-hydrogen) atoms. The van der Waals surface area contributed by atoms with Crippen LogP contribution in [0.5, 0.6) is 0 Å². The first kappa shape index (κ1) is 21.4. The lowest BCUT2D eigenvalue weighted by atomic mass is 10.1. The molecule has 3 aromatic carbocycles. The van der Waals surface area contributed by atoms with Crippen molar-refractivity contribution in [2.75, 3.05) is 5.32 Å². The number of fused-ring (bicyclic) bond motifs is 1. The van der Waals surface area contributed by atoms with E-state index in [9.17, 15) is 14.9 Å². The summed E-state index contributed by atoms with van der Waals surface area (Å²) in [6, 6.07) is 19.8. The van der Waals surface area contributed by atoms with Crippen LogP contribution in [0.4, 0.5) is 11.4 Å². The minimum absolute atomic E-state index is 0.0619. The van der Waals surface area contributed by atoms with Crippen molar-refractivity contribution in [2.24, 2.45) is 0 Å². The molecule has 9 heteroatoms. The first-order valence-electron chi connectivity index (χ1n) is 10.2. The number of nitro benzene ring substituents is 1. The number of hydrogen-bond acceptors (Lipinski definition) is 6. The largest absolute Gasteiger partial charge is 0.451 e. The smallest absolute Gasteiger partial charge is 0.291 e. The number of rotatable bonds is 5. The number of oxazole rings is 1. The maximum Gasteiger partial charge on any atom is 0.291 e. The number of hydrogen-bond donors (Lipinski definition) is 1. The first-order chi connectivity index (χ1) is 16.4. The van der Waals surface area contributed by atoms with Crippen LogP contribution in [0.2, 0.25) is 5.02 Å². The predicted molar refractivity (Wildman–Crippen MR) is 128 cm³/mol. The van der Waals surface area contributed by atoms with Gasteiger partial charge in [0.05, 0.1) is 4.92 Å². The van der Waals surface area contributed by atoms with Crippen LogP contribution in [0, 0.1) is 17.0 Å². The minimum Gasteiger partial charge on any atom is -0.451 e. The van der Waals surface area contributed by atoms with Crippen LogP contribution in [-0.4, -0.2) is 15.8 Å². The van der Waals surface area contributed by atoms with Crippen LogP contribution in [0.25, 0.3) is 33.9 Å². The van der Waals surface area contributed by atoms with Crippen LogP contribution in [0.3, 0.4) is 0 Å². The van der Waals surface area contributed by atoms with Crippen molar-refractivity contribution in [3.63, 3.8) is 0 Å². The fraction of sp³-hybridized carbons (Fsp3) is 0.0400. The van der Waals surface area contributed by atoms with Crippen molar-refractivity contribution in [3.8, 4) is 22.8 Å². The number of nitrogens with one attached hydrogen (secondary N) is 1. The van der Waals surface area contributed by atoms with Gasteiger partial charge in [0.15, 0.2) is 11.3 Å². The zero-order valence-corrected chi connectivity index (χ0v) is 18.5. The van der Waals surface area contributed by atoms with E-state index in [-0.39, 0.29) is 11.4 Å². The van der Waals surface area contributed by atoms with E-state index < -0.39 is 10.8 Å². The Balaban J connectivity index is 1.36. The van der Waals surface area contributed by atoms with Gasteiger partial charge in [-0.05, 0) is 55.0 Å². The molecule has 1 N–H and O–H groups in total. The Hall–Kier alpha value is -4.43. The lowest BCUT2D eigenvalue weighted by Gasteiger charge is -2.02. The average Bonchev–Trinajstić information content (AvgIpc) is 3.48. The summed E-state index contributed by atoms with van der Waals surface area (Å²) in [5.74, 6) is 0.372. The number of carbonyl (C=O) groups is 1. The molecule has 0 aliphatic heterocycles. The third-order valence-electron chi connectivity index (χ3n) is 5.24. The number of furan rings is 1. The summed E-state index contributed by atoms with van der Waals surface area (Å²) < 4.78 is 11.5. The molecule has 0 saturated carbocycles. The second-order valence-corrected chi connectivity index (χ2v) is 8.00. The van der Waals surface area contributed by atoms with Crippen molar-refractivity contribution in [3.05, 3.63) is 99.3 Å². The molecule has 0 spiro atoms. The molecule has 8 nitrogen and oxygen atoms in total. The molecule has 0 aliphatic carbocycles. The molecule has 2 aromatic heterocycles. The van der Waals surface area contributed by atoms with Gasteiger partial charge in [0, 0.05) is 34.0 Å². The number of benzene rings is 3. The summed E-state index contributed by atoms with van der Waals surface area (Å²) in [4.78, 5) is 27.7. The second kappa shape index (κ2) is 8.49. The highest BCUT2D eigenvalue weighted by atomic mass is 35.5. The third kappa shape index (κ3) is 4.14. The quantitative estimate of drug-likeness (QED) is 0.220. The van der Waals surface area contributed by atoms with E-state index in [4.69, 9.17) is 20.4 Å². The lowest BCUT2D eigenvalue weighted by molar-refractivity contribution is -0.384. The lowest BCUT2D eigenvalue weighted by Crippen LogP contribution is -2.10. The van der Waals surface area contributed by atoms with E-state index in [0.717, 1.165) is 11.1 Å². The monoisotopic (exact) mass is 473 g/mol. The summed E-state index contributed by atoms with van der Waals surface area (Å²) >= 11 is 6.21. The zero-order valence-electron chi connectivity index (χ0n) is 17.7. The van der Waals surface area contributed by atoms with Crippen molar-refractivity contribution in [2.45, 2.75) is 6.92 Å². The normalized spacial score (nSPS) is 11.0. The van der Waals surface area contributed by atoms with Gasteiger partial charge in [-0.25, -0.2) is 4.98 Å². The molecule has 0 radical (unpaired) electrons. The standard InChI is InChI=1S/C25H16ClN3O5/c1-14-5-6-16(12-19(14)26)25-28-20-13-17(7-8-22(20)34-25)27-24(30)23-10-9-21(33-23)15-3-2-4-18(11-15)29(31)32/h2-13H,1H3,(H,27,30). The van der Waals surface area contributed by atoms with E-state index in [2.05, 4.69) is 10.3 Å². The number of nitrogens with zero attached hydrogens (tertiary/aromatic N) is 2. The van der Waals surface area contributed by atoms with Gasteiger partial charge in [0.25, 0.3) is 11.6 Å². The van der Waals surface area contributed by atoms with E-state index in [1.54, 1.807) is 42.5 Å². The number of nitro groups is 1. The topological polar surface area (TPSA) is 111 Å². The predicted octanol–water partition coefficient (Wildman–Crippen LogP) is 6.88. The zero-order chi connectivity index (χ0) is 23.8.